The lowest BCUT2D eigenvalue weighted by atomic mass is 10.1. The molecule has 0 aliphatic heterocycles. The number of rotatable bonds is 0. The molecule has 68 valence electrons. The van der Waals surface area contributed by atoms with Crippen LogP contribution in [0, 0.1) is 0 Å². The van der Waals surface area contributed by atoms with Crippen LogP contribution in [-0.4, -0.2) is 14.4 Å². The zero-order valence-electron chi connectivity index (χ0n) is 7.20. The molecule has 1 aliphatic carbocycles. The van der Waals surface area contributed by atoms with Gasteiger partial charge in [-0.25, -0.2) is 4.98 Å². The smallest absolute Gasteiger partial charge is 0.268 e. The van der Waals surface area contributed by atoms with Crippen molar-refractivity contribution >= 4 is 22.0 Å². The van der Waals surface area contributed by atoms with Crippen molar-refractivity contribution in [3.8, 4) is 0 Å². The van der Waals surface area contributed by atoms with E-state index in [1.807, 2.05) is 12.2 Å². The summed E-state index contributed by atoms with van der Waals surface area (Å²) in [5, 5.41) is 0. The third-order valence-corrected chi connectivity index (χ3v) is 2.83. The van der Waals surface area contributed by atoms with Gasteiger partial charge in [0.1, 0.15) is 0 Å². The van der Waals surface area contributed by atoms with E-state index in [9.17, 15) is 4.79 Å². The fraction of sp³-hybridized carbons (Fsp3) is 0.333. The van der Waals surface area contributed by atoms with E-state index in [4.69, 9.17) is 0 Å². The lowest BCUT2D eigenvalue weighted by Crippen LogP contribution is -2.24. The molecule has 0 fully saturated rings. The maximum atomic E-state index is 11.3. The van der Waals surface area contributed by atoms with Gasteiger partial charge < -0.3 is 4.57 Å². The molecule has 1 heterocycles. The van der Waals surface area contributed by atoms with Crippen molar-refractivity contribution in [2.45, 2.75) is 11.2 Å². The van der Waals surface area contributed by atoms with Gasteiger partial charge in [0.05, 0.1) is 11.9 Å². The molecule has 1 atom stereocenters. The van der Waals surface area contributed by atoms with Gasteiger partial charge in [-0.05, 0) is 6.08 Å². The van der Waals surface area contributed by atoms with Crippen LogP contribution in [0.1, 0.15) is 11.4 Å². The Morgan fingerprint density at radius 2 is 2.46 bits per heavy atom. The van der Waals surface area contributed by atoms with Crippen molar-refractivity contribution in [3.63, 3.8) is 0 Å². The zero-order chi connectivity index (χ0) is 9.42. The van der Waals surface area contributed by atoms with Crippen LogP contribution in [-0.2, 0) is 13.5 Å². The number of aromatic nitrogens is 2. The molecule has 1 unspecified atom stereocenters. The van der Waals surface area contributed by atoms with E-state index in [0.29, 0.717) is 4.83 Å². The van der Waals surface area contributed by atoms with Crippen LogP contribution in [0.5, 0.6) is 0 Å². The van der Waals surface area contributed by atoms with Crippen LogP contribution in [0.15, 0.2) is 17.1 Å². The quantitative estimate of drug-likeness (QED) is 0.638. The standard InChI is InChI=1S/C9H9BrN2O/c1-12-8-4-6(10)2-3-7(8)11-5-9(12)13/h2-3,5-6H,4H2,1H3. The van der Waals surface area contributed by atoms with Gasteiger partial charge in [-0.2, -0.15) is 0 Å². The van der Waals surface area contributed by atoms with E-state index in [-0.39, 0.29) is 5.56 Å². The number of hydrogen-bond acceptors (Lipinski definition) is 2. The molecular formula is C9H9BrN2O. The minimum absolute atomic E-state index is 0.0475. The maximum Gasteiger partial charge on any atom is 0.268 e. The predicted octanol–water partition coefficient (Wildman–Crippen LogP) is 1.11. The SMILES string of the molecule is Cn1c2c(ncc1=O)C=CC(Br)C2. The first kappa shape index (κ1) is 8.69. The van der Waals surface area contributed by atoms with Crippen molar-refractivity contribution in [2.75, 3.05) is 0 Å². The summed E-state index contributed by atoms with van der Waals surface area (Å²) in [6.07, 6.45) is 6.17. The van der Waals surface area contributed by atoms with Crippen LogP contribution in [0.3, 0.4) is 0 Å². The highest BCUT2D eigenvalue weighted by Crippen LogP contribution is 2.19. The lowest BCUT2D eigenvalue weighted by molar-refractivity contribution is 0.743. The molecule has 0 bridgehead atoms. The Morgan fingerprint density at radius 1 is 1.69 bits per heavy atom. The van der Waals surface area contributed by atoms with E-state index in [2.05, 4.69) is 20.9 Å². The average Bonchev–Trinajstić information content (AvgIpc) is 2.12. The van der Waals surface area contributed by atoms with Crippen LogP contribution in [0.2, 0.25) is 0 Å². The maximum absolute atomic E-state index is 11.3. The fourth-order valence-corrected chi connectivity index (χ4v) is 1.88. The summed E-state index contributed by atoms with van der Waals surface area (Å²) in [5.41, 5.74) is 1.85. The van der Waals surface area contributed by atoms with Gasteiger partial charge in [0.15, 0.2) is 0 Å². The molecule has 0 saturated heterocycles. The third-order valence-electron chi connectivity index (χ3n) is 2.20. The summed E-state index contributed by atoms with van der Waals surface area (Å²) >= 11 is 3.49. The number of nitrogens with zero attached hydrogens (tertiary/aromatic N) is 2. The first-order valence-electron chi connectivity index (χ1n) is 4.05. The van der Waals surface area contributed by atoms with Gasteiger partial charge in [-0.3, -0.25) is 4.79 Å². The molecule has 0 saturated carbocycles. The normalized spacial score (nSPS) is 20.0. The highest BCUT2D eigenvalue weighted by Gasteiger charge is 2.14. The van der Waals surface area contributed by atoms with E-state index in [1.54, 1.807) is 11.6 Å². The second-order valence-corrected chi connectivity index (χ2v) is 4.24. The van der Waals surface area contributed by atoms with Gasteiger partial charge in [-0.1, -0.05) is 22.0 Å². The van der Waals surface area contributed by atoms with Gasteiger partial charge >= 0.3 is 0 Å². The van der Waals surface area contributed by atoms with E-state index >= 15 is 0 Å². The second-order valence-electron chi connectivity index (χ2n) is 3.07. The topological polar surface area (TPSA) is 34.9 Å². The Bertz CT molecular complexity index is 422. The van der Waals surface area contributed by atoms with Crippen molar-refractivity contribution in [2.24, 2.45) is 7.05 Å². The van der Waals surface area contributed by atoms with Crippen molar-refractivity contribution in [1.82, 2.24) is 9.55 Å². The van der Waals surface area contributed by atoms with E-state index in [0.717, 1.165) is 17.8 Å². The fourth-order valence-electron chi connectivity index (χ4n) is 1.42. The van der Waals surface area contributed by atoms with Gasteiger partial charge in [0, 0.05) is 24.0 Å². The molecule has 1 aliphatic rings. The average molecular weight is 241 g/mol. The number of alkyl halides is 1. The minimum atomic E-state index is -0.0475. The summed E-state index contributed by atoms with van der Waals surface area (Å²) < 4.78 is 1.65. The van der Waals surface area contributed by atoms with Gasteiger partial charge in [0.25, 0.3) is 5.56 Å². The molecule has 0 spiro atoms. The number of hydrogen-bond donors (Lipinski definition) is 0. The number of halogens is 1. The summed E-state index contributed by atoms with van der Waals surface area (Å²) in [5.74, 6) is 0. The van der Waals surface area contributed by atoms with Crippen molar-refractivity contribution < 1.29 is 0 Å². The Balaban J connectivity index is 2.64. The molecule has 0 aromatic carbocycles. The number of allylic oxidation sites excluding steroid dienone is 1. The Morgan fingerprint density at radius 3 is 3.23 bits per heavy atom. The predicted molar refractivity (Wildman–Crippen MR) is 54.9 cm³/mol. The molecule has 4 heteroatoms. The van der Waals surface area contributed by atoms with E-state index in [1.165, 1.54) is 6.20 Å². The number of fused-ring (bicyclic) bond motifs is 1. The zero-order valence-corrected chi connectivity index (χ0v) is 8.78. The highest BCUT2D eigenvalue weighted by atomic mass is 79.9. The summed E-state index contributed by atoms with van der Waals surface area (Å²) in [4.78, 5) is 15.6. The summed E-state index contributed by atoms with van der Waals surface area (Å²) in [6, 6.07) is 0. The lowest BCUT2D eigenvalue weighted by Gasteiger charge is -2.16. The van der Waals surface area contributed by atoms with Crippen molar-refractivity contribution in [3.05, 3.63) is 34.0 Å². The molecule has 0 radical (unpaired) electrons. The first-order chi connectivity index (χ1) is 6.18. The van der Waals surface area contributed by atoms with Gasteiger partial charge in [0.2, 0.25) is 0 Å². The molecule has 1 aromatic heterocycles. The van der Waals surface area contributed by atoms with Crippen LogP contribution in [0.4, 0.5) is 0 Å². The van der Waals surface area contributed by atoms with Gasteiger partial charge in [-0.15, -0.1) is 0 Å². The Kier molecular flexibility index (Phi) is 2.07. The third kappa shape index (κ3) is 1.46. The molecular weight excluding hydrogens is 232 g/mol. The van der Waals surface area contributed by atoms with Crippen LogP contribution < -0.4 is 5.56 Å². The first-order valence-corrected chi connectivity index (χ1v) is 4.97. The van der Waals surface area contributed by atoms with E-state index < -0.39 is 0 Å². The largest absolute Gasteiger partial charge is 0.312 e. The highest BCUT2D eigenvalue weighted by molar-refractivity contribution is 9.09. The molecule has 3 nitrogen and oxygen atoms in total. The minimum Gasteiger partial charge on any atom is -0.312 e. The molecule has 1 aromatic rings. The molecule has 0 amide bonds. The summed E-state index contributed by atoms with van der Waals surface area (Å²) in [6.45, 7) is 0. The Hall–Kier alpha value is -0.900. The second kappa shape index (κ2) is 3.10. The monoisotopic (exact) mass is 240 g/mol. The Labute approximate surface area is 84.2 Å². The van der Waals surface area contributed by atoms with Crippen LogP contribution in [0.25, 0.3) is 6.08 Å². The van der Waals surface area contributed by atoms with Crippen LogP contribution >= 0.6 is 15.9 Å². The molecule has 2 rings (SSSR count). The summed E-state index contributed by atoms with van der Waals surface area (Å²) in [7, 11) is 1.78. The molecule has 13 heavy (non-hydrogen) atoms. The van der Waals surface area contributed by atoms with Crippen molar-refractivity contribution in [1.29, 1.82) is 0 Å². The molecule has 0 N–H and O–H groups in total.